The Kier molecular flexibility index (Phi) is 7.60. The van der Waals surface area contributed by atoms with Crippen LogP contribution in [0.4, 0.5) is 32.4 Å². The Morgan fingerprint density at radius 1 is 1.10 bits per heavy atom. The van der Waals surface area contributed by atoms with Gasteiger partial charge < -0.3 is 14.8 Å². The zero-order chi connectivity index (χ0) is 22.5. The first-order chi connectivity index (χ1) is 14.0. The molecule has 2 aromatic rings. The second-order valence-corrected chi connectivity index (χ2v) is 6.42. The maximum absolute atomic E-state index is 14.5. The van der Waals surface area contributed by atoms with Crippen molar-refractivity contribution >= 4 is 29.4 Å². The lowest BCUT2D eigenvalue weighted by Crippen LogP contribution is -2.18. The van der Waals surface area contributed by atoms with Crippen molar-refractivity contribution in [1.29, 1.82) is 0 Å². The van der Waals surface area contributed by atoms with Crippen molar-refractivity contribution in [2.45, 2.75) is 18.8 Å². The molecule has 0 heterocycles. The number of alkyl halides is 2. The van der Waals surface area contributed by atoms with E-state index in [1.54, 1.807) is 0 Å². The molecule has 2 aromatic carbocycles. The highest BCUT2D eigenvalue weighted by molar-refractivity contribution is 6.31. The van der Waals surface area contributed by atoms with Crippen molar-refractivity contribution in [3.05, 3.63) is 63.9 Å². The van der Waals surface area contributed by atoms with Crippen molar-refractivity contribution in [3.8, 4) is 0 Å². The SMILES string of the molecule is COC(=O)OCCCC(F)(F)c1cc(C(=O)Nc2cc(F)c(F)c(F)c2)ccc1Cl. The van der Waals surface area contributed by atoms with E-state index in [1.807, 2.05) is 0 Å². The van der Waals surface area contributed by atoms with Gasteiger partial charge in [-0.2, -0.15) is 0 Å². The molecule has 162 valence electrons. The lowest BCUT2D eigenvalue weighted by atomic mass is 10.0. The molecule has 0 aliphatic rings. The van der Waals surface area contributed by atoms with Crippen LogP contribution in [0.1, 0.15) is 28.8 Å². The number of methoxy groups -OCH3 is 1. The average molecular weight is 452 g/mol. The summed E-state index contributed by atoms with van der Waals surface area (Å²) in [5, 5.41) is 1.78. The van der Waals surface area contributed by atoms with E-state index in [2.05, 4.69) is 14.8 Å². The molecule has 0 aromatic heterocycles. The molecule has 11 heteroatoms. The molecular weight excluding hydrogens is 437 g/mol. The predicted molar refractivity (Wildman–Crippen MR) is 97.2 cm³/mol. The lowest BCUT2D eigenvalue weighted by molar-refractivity contribution is -0.0216. The number of nitrogens with one attached hydrogen (secondary N) is 1. The fourth-order valence-electron chi connectivity index (χ4n) is 2.42. The van der Waals surface area contributed by atoms with Crippen LogP contribution in [0.15, 0.2) is 30.3 Å². The number of amides is 1. The minimum Gasteiger partial charge on any atom is -0.438 e. The van der Waals surface area contributed by atoms with Gasteiger partial charge in [-0.1, -0.05) is 11.6 Å². The first-order valence-electron chi connectivity index (χ1n) is 8.39. The monoisotopic (exact) mass is 451 g/mol. The van der Waals surface area contributed by atoms with E-state index in [0.717, 1.165) is 25.3 Å². The summed E-state index contributed by atoms with van der Waals surface area (Å²) in [5.74, 6) is -9.20. The van der Waals surface area contributed by atoms with Gasteiger partial charge in [0.05, 0.1) is 13.7 Å². The van der Waals surface area contributed by atoms with Crippen molar-refractivity contribution < 1.29 is 41.0 Å². The van der Waals surface area contributed by atoms with E-state index >= 15 is 0 Å². The molecule has 0 aliphatic heterocycles. The van der Waals surface area contributed by atoms with Crippen LogP contribution in [-0.4, -0.2) is 25.8 Å². The summed E-state index contributed by atoms with van der Waals surface area (Å²) in [6.07, 6.45) is -1.98. The van der Waals surface area contributed by atoms with E-state index in [9.17, 15) is 31.5 Å². The highest BCUT2D eigenvalue weighted by Crippen LogP contribution is 2.38. The molecule has 30 heavy (non-hydrogen) atoms. The number of halogens is 6. The van der Waals surface area contributed by atoms with E-state index in [4.69, 9.17) is 11.6 Å². The Morgan fingerprint density at radius 3 is 2.33 bits per heavy atom. The van der Waals surface area contributed by atoms with Crippen molar-refractivity contribution in [1.82, 2.24) is 0 Å². The first-order valence-corrected chi connectivity index (χ1v) is 8.77. The second-order valence-electron chi connectivity index (χ2n) is 6.01. The summed E-state index contributed by atoms with van der Waals surface area (Å²) >= 11 is 5.83. The van der Waals surface area contributed by atoms with E-state index in [1.165, 1.54) is 0 Å². The van der Waals surface area contributed by atoms with Crippen LogP contribution in [0.25, 0.3) is 0 Å². The third-order valence-electron chi connectivity index (χ3n) is 3.89. The summed E-state index contributed by atoms with van der Waals surface area (Å²) in [4.78, 5) is 23.1. The summed E-state index contributed by atoms with van der Waals surface area (Å²) < 4.78 is 77.3. The van der Waals surface area contributed by atoms with Crippen LogP contribution in [0.2, 0.25) is 5.02 Å². The topological polar surface area (TPSA) is 64.6 Å². The molecule has 0 unspecified atom stereocenters. The van der Waals surface area contributed by atoms with Gasteiger partial charge in [-0.05, 0) is 24.6 Å². The van der Waals surface area contributed by atoms with Crippen LogP contribution in [0, 0.1) is 17.5 Å². The number of hydrogen-bond acceptors (Lipinski definition) is 4. The van der Waals surface area contributed by atoms with Gasteiger partial charge in [0.15, 0.2) is 17.5 Å². The molecular formula is C19H15ClF5NO4. The van der Waals surface area contributed by atoms with Crippen molar-refractivity contribution in [2.75, 3.05) is 19.0 Å². The molecule has 1 N–H and O–H groups in total. The number of carbonyl (C=O) groups is 2. The number of carbonyl (C=O) groups excluding carboxylic acids is 2. The third-order valence-corrected chi connectivity index (χ3v) is 4.22. The Hall–Kier alpha value is -2.88. The highest BCUT2D eigenvalue weighted by Gasteiger charge is 2.34. The molecule has 1 amide bonds. The van der Waals surface area contributed by atoms with Crippen LogP contribution in [-0.2, 0) is 15.4 Å². The zero-order valence-electron chi connectivity index (χ0n) is 15.4. The summed E-state index contributed by atoms with van der Waals surface area (Å²) in [7, 11) is 1.07. The Labute approximate surface area is 172 Å². The van der Waals surface area contributed by atoms with Crippen LogP contribution in [0.5, 0.6) is 0 Å². The summed E-state index contributed by atoms with van der Waals surface area (Å²) in [6.45, 7) is -0.318. The predicted octanol–water partition coefficient (Wildman–Crippen LogP) is 5.66. The van der Waals surface area contributed by atoms with Gasteiger partial charge in [0.1, 0.15) is 0 Å². The van der Waals surface area contributed by atoms with Crippen LogP contribution >= 0.6 is 11.6 Å². The standard InChI is InChI=1S/C19H15ClF5NO4/c1-29-18(28)30-6-2-5-19(24,25)12-7-10(3-4-13(12)20)17(27)26-11-8-14(21)16(23)15(22)9-11/h3-4,7-9H,2,5-6H2,1H3,(H,26,27). The fraction of sp³-hybridized carbons (Fsp3) is 0.263. The minimum absolute atomic E-state index is 0.219. The molecule has 0 spiro atoms. The molecule has 0 saturated heterocycles. The van der Waals surface area contributed by atoms with E-state index in [0.29, 0.717) is 12.1 Å². The molecule has 0 aliphatic carbocycles. The van der Waals surface area contributed by atoms with Gasteiger partial charge in [0.25, 0.3) is 11.8 Å². The second kappa shape index (κ2) is 9.75. The number of benzene rings is 2. The van der Waals surface area contributed by atoms with Crippen molar-refractivity contribution in [2.24, 2.45) is 0 Å². The van der Waals surface area contributed by atoms with E-state index < -0.39 is 53.1 Å². The van der Waals surface area contributed by atoms with Crippen molar-refractivity contribution in [3.63, 3.8) is 0 Å². The van der Waals surface area contributed by atoms with E-state index in [-0.39, 0.29) is 23.6 Å². The summed E-state index contributed by atoms with van der Waals surface area (Å²) in [6, 6.07) is 4.12. The molecule has 0 saturated carbocycles. The molecule has 2 rings (SSSR count). The molecule has 0 fully saturated rings. The molecule has 0 bridgehead atoms. The van der Waals surface area contributed by atoms with Gasteiger partial charge in [-0.15, -0.1) is 0 Å². The number of hydrogen-bond donors (Lipinski definition) is 1. The maximum Gasteiger partial charge on any atom is 0.507 e. The maximum atomic E-state index is 14.5. The van der Waals surface area contributed by atoms with Gasteiger partial charge in [-0.25, -0.2) is 26.7 Å². The van der Waals surface area contributed by atoms with Gasteiger partial charge in [0, 0.05) is 40.4 Å². The average Bonchev–Trinajstić information content (AvgIpc) is 2.69. The Bertz CT molecular complexity index is 932. The summed E-state index contributed by atoms with van der Waals surface area (Å²) in [5.41, 5.74) is -1.34. The quantitative estimate of drug-likeness (QED) is 0.255. The normalized spacial score (nSPS) is 11.2. The van der Waals surface area contributed by atoms with Crippen LogP contribution < -0.4 is 5.32 Å². The van der Waals surface area contributed by atoms with Crippen LogP contribution in [0.3, 0.4) is 0 Å². The van der Waals surface area contributed by atoms with Gasteiger partial charge in [0.2, 0.25) is 0 Å². The number of anilines is 1. The van der Waals surface area contributed by atoms with Gasteiger partial charge >= 0.3 is 6.16 Å². The third kappa shape index (κ3) is 5.82. The zero-order valence-corrected chi connectivity index (χ0v) is 16.2. The number of ether oxygens (including phenoxy) is 2. The molecule has 5 nitrogen and oxygen atoms in total. The Morgan fingerprint density at radius 2 is 1.73 bits per heavy atom. The smallest absolute Gasteiger partial charge is 0.438 e. The number of rotatable bonds is 7. The van der Waals surface area contributed by atoms with Gasteiger partial charge in [-0.3, -0.25) is 4.79 Å². The minimum atomic E-state index is -3.47. The highest BCUT2D eigenvalue weighted by atomic mass is 35.5. The first kappa shape index (κ1) is 23.4. The molecule has 0 atom stereocenters. The lowest BCUT2D eigenvalue weighted by Gasteiger charge is -2.19. The fourth-order valence-corrected chi connectivity index (χ4v) is 2.68. The molecule has 0 radical (unpaired) electrons. The largest absolute Gasteiger partial charge is 0.507 e. The Balaban J connectivity index is 2.15.